The van der Waals surface area contributed by atoms with Gasteiger partial charge in [0.1, 0.15) is 10.6 Å². The lowest BCUT2D eigenvalue weighted by molar-refractivity contribution is 0.402. The molecule has 0 aliphatic heterocycles. The van der Waals surface area contributed by atoms with E-state index < -0.39 is 10.0 Å². The van der Waals surface area contributed by atoms with Crippen molar-refractivity contribution in [3.63, 3.8) is 0 Å². The van der Waals surface area contributed by atoms with Crippen molar-refractivity contribution in [3.8, 4) is 5.75 Å². The molecule has 1 aromatic heterocycles. The summed E-state index contributed by atoms with van der Waals surface area (Å²) in [5.41, 5.74) is 1.76. The number of hydrogen-bond donors (Lipinski definition) is 1. The quantitative estimate of drug-likeness (QED) is 0.876. The van der Waals surface area contributed by atoms with Crippen molar-refractivity contribution >= 4 is 27.3 Å². The van der Waals surface area contributed by atoms with Crippen LogP contribution in [-0.2, 0) is 10.0 Å². The molecule has 0 aliphatic carbocycles. The van der Waals surface area contributed by atoms with E-state index in [0.29, 0.717) is 5.56 Å². The minimum absolute atomic E-state index is 0.0596. The van der Waals surface area contributed by atoms with Gasteiger partial charge in [-0.3, -0.25) is 4.72 Å². The number of methoxy groups -OCH3 is 1. The number of halogens is 1. The summed E-state index contributed by atoms with van der Waals surface area (Å²) in [4.78, 5) is 3.94. The molecule has 0 saturated carbocycles. The summed E-state index contributed by atoms with van der Waals surface area (Å²) in [5.74, 6) is 0.269. The molecule has 0 unspecified atom stereocenters. The average molecular weight is 327 g/mol. The number of aryl methyl sites for hydroxylation is 2. The number of ether oxygens (including phenoxy) is 1. The molecule has 1 heterocycles. The van der Waals surface area contributed by atoms with E-state index in [4.69, 9.17) is 16.3 Å². The molecule has 7 heteroatoms. The Morgan fingerprint density at radius 3 is 2.57 bits per heavy atom. The van der Waals surface area contributed by atoms with Crippen molar-refractivity contribution in [3.05, 3.63) is 46.7 Å². The van der Waals surface area contributed by atoms with Gasteiger partial charge in [0.05, 0.1) is 12.8 Å². The first kappa shape index (κ1) is 15.6. The molecule has 0 aliphatic rings. The summed E-state index contributed by atoms with van der Waals surface area (Å²) in [6.07, 6.45) is 1.52. The second kappa shape index (κ2) is 5.91. The average Bonchev–Trinajstić information content (AvgIpc) is 2.43. The van der Waals surface area contributed by atoms with Gasteiger partial charge in [-0.2, -0.15) is 0 Å². The van der Waals surface area contributed by atoms with E-state index in [1.807, 2.05) is 0 Å². The molecule has 0 amide bonds. The lowest BCUT2D eigenvalue weighted by Crippen LogP contribution is -2.15. The Balaban J connectivity index is 2.51. The van der Waals surface area contributed by atoms with Gasteiger partial charge in [0.2, 0.25) is 0 Å². The molecule has 0 saturated heterocycles. The number of sulfonamides is 1. The number of aromatic nitrogens is 1. The van der Waals surface area contributed by atoms with Crippen molar-refractivity contribution in [2.45, 2.75) is 18.7 Å². The second-order valence-electron chi connectivity index (χ2n) is 4.55. The molecule has 1 N–H and O–H groups in total. The van der Waals surface area contributed by atoms with Crippen LogP contribution in [0.4, 0.5) is 5.69 Å². The van der Waals surface area contributed by atoms with Gasteiger partial charge < -0.3 is 4.74 Å². The number of anilines is 1. The highest BCUT2D eigenvalue weighted by Crippen LogP contribution is 2.30. The maximum Gasteiger partial charge on any atom is 0.265 e. The van der Waals surface area contributed by atoms with E-state index in [9.17, 15) is 8.42 Å². The highest BCUT2D eigenvalue weighted by Gasteiger charge is 2.22. The Hall–Kier alpha value is -1.79. The number of benzene rings is 1. The van der Waals surface area contributed by atoms with Crippen LogP contribution < -0.4 is 9.46 Å². The maximum absolute atomic E-state index is 12.6. The Labute approximate surface area is 129 Å². The van der Waals surface area contributed by atoms with E-state index >= 15 is 0 Å². The van der Waals surface area contributed by atoms with Crippen molar-refractivity contribution in [1.82, 2.24) is 4.98 Å². The van der Waals surface area contributed by atoms with Gasteiger partial charge in [-0.1, -0.05) is 17.7 Å². The van der Waals surface area contributed by atoms with E-state index in [-0.39, 0.29) is 21.5 Å². The Bertz CT molecular complexity index is 756. The molecule has 0 atom stereocenters. The predicted octanol–water partition coefficient (Wildman–Crippen LogP) is 3.16. The number of hydrogen-bond acceptors (Lipinski definition) is 4. The zero-order valence-corrected chi connectivity index (χ0v) is 13.4. The molecule has 1 aromatic carbocycles. The van der Waals surface area contributed by atoms with Crippen LogP contribution in [-0.4, -0.2) is 20.5 Å². The number of pyridine rings is 1. The first-order valence-corrected chi connectivity index (χ1v) is 8.00. The number of nitrogens with zero attached hydrogens (tertiary/aromatic N) is 1. The molecular weight excluding hydrogens is 312 g/mol. The van der Waals surface area contributed by atoms with E-state index in [0.717, 1.165) is 5.56 Å². The van der Waals surface area contributed by atoms with Crippen molar-refractivity contribution in [2.75, 3.05) is 11.8 Å². The minimum Gasteiger partial charge on any atom is -0.495 e. The Morgan fingerprint density at radius 2 is 1.95 bits per heavy atom. The third-order valence-electron chi connectivity index (χ3n) is 2.96. The highest BCUT2D eigenvalue weighted by atomic mass is 35.5. The second-order valence-corrected chi connectivity index (χ2v) is 6.56. The third-order valence-corrected chi connectivity index (χ3v) is 4.62. The van der Waals surface area contributed by atoms with Gasteiger partial charge in [-0.25, -0.2) is 13.4 Å². The summed E-state index contributed by atoms with van der Waals surface area (Å²) < 4.78 is 32.7. The fourth-order valence-corrected chi connectivity index (χ4v) is 3.53. The van der Waals surface area contributed by atoms with Gasteiger partial charge in [-0.05, 0) is 43.2 Å². The fourth-order valence-electron chi connectivity index (χ4n) is 1.83. The third kappa shape index (κ3) is 3.28. The van der Waals surface area contributed by atoms with Crippen molar-refractivity contribution < 1.29 is 13.2 Å². The molecule has 2 aromatic rings. The van der Waals surface area contributed by atoms with Gasteiger partial charge in [0.25, 0.3) is 10.0 Å². The fraction of sp³-hybridized carbons (Fsp3) is 0.214. The highest BCUT2D eigenvalue weighted by molar-refractivity contribution is 7.92. The molecule has 0 radical (unpaired) electrons. The van der Waals surface area contributed by atoms with Crippen LogP contribution in [0.5, 0.6) is 5.75 Å². The van der Waals surface area contributed by atoms with Gasteiger partial charge >= 0.3 is 0 Å². The molecule has 112 valence electrons. The van der Waals surface area contributed by atoms with E-state index in [1.165, 1.54) is 13.3 Å². The monoisotopic (exact) mass is 326 g/mol. The first-order valence-electron chi connectivity index (χ1n) is 6.13. The van der Waals surface area contributed by atoms with Crippen LogP contribution in [0.2, 0.25) is 5.15 Å². The Kier molecular flexibility index (Phi) is 4.39. The van der Waals surface area contributed by atoms with Crippen LogP contribution in [0.15, 0.2) is 35.4 Å². The normalized spacial score (nSPS) is 11.2. The summed E-state index contributed by atoms with van der Waals surface area (Å²) in [6.45, 7) is 3.56. The van der Waals surface area contributed by atoms with Crippen LogP contribution in [0.25, 0.3) is 0 Å². The molecule has 21 heavy (non-hydrogen) atoms. The summed E-state index contributed by atoms with van der Waals surface area (Å²) in [7, 11) is -2.40. The number of nitrogens with one attached hydrogen (secondary N) is 1. The molecule has 0 spiro atoms. The van der Waals surface area contributed by atoms with Gasteiger partial charge in [0.15, 0.2) is 5.15 Å². The van der Waals surface area contributed by atoms with E-state index in [1.54, 1.807) is 38.1 Å². The SMILES string of the molecule is COc1ccc(C)cc1S(=O)(=O)Nc1c(C)ccnc1Cl. The topological polar surface area (TPSA) is 68.3 Å². The lowest BCUT2D eigenvalue weighted by Gasteiger charge is -2.14. The van der Waals surface area contributed by atoms with Crippen LogP contribution >= 0.6 is 11.6 Å². The van der Waals surface area contributed by atoms with E-state index in [2.05, 4.69) is 9.71 Å². The maximum atomic E-state index is 12.6. The van der Waals surface area contributed by atoms with Crippen LogP contribution in [0, 0.1) is 13.8 Å². The first-order chi connectivity index (χ1) is 9.85. The summed E-state index contributed by atoms with van der Waals surface area (Å²) in [5, 5.41) is 0.102. The molecule has 5 nitrogen and oxygen atoms in total. The smallest absolute Gasteiger partial charge is 0.265 e. The lowest BCUT2D eigenvalue weighted by atomic mass is 10.2. The van der Waals surface area contributed by atoms with Crippen molar-refractivity contribution in [2.24, 2.45) is 0 Å². The standard InChI is InChI=1S/C14H15ClN2O3S/c1-9-4-5-11(20-3)12(8-9)21(18,19)17-13-10(2)6-7-16-14(13)15/h4-8,17H,1-3H3. The van der Waals surface area contributed by atoms with Crippen LogP contribution in [0.3, 0.4) is 0 Å². The van der Waals surface area contributed by atoms with Gasteiger partial charge in [-0.15, -0.1) is 0 Å². The number of rotatable bonds is 4. The largest absolute Gasteiger partial charge is 0.495 e. The zero-order valence-electron chi connectivity index (χ0n) is 11.8. The molecule has 2 rings (SSSR count). The zero-order chi connectivity index (χ0) is 15.6. The minimum atomic E-state index is -3.82. The summed E-state index contributed by atoms with van der Waals surface area (Å²) >= 11 is 5.96. The molecule has 0 fully saturated rings. The van der Waals surface area contributed by atoms with Crippen LogP contribution in [0.1, 0.15) is 11.1 Å². The summed E-state index contributed by atoms with van der Waals surface area (Å²) in [6, 6.07) is 6.61. The predicted molar refractivity (Wildman–Crippen MR) is 82.5 cm³/mol. The Morgan fingerprint density at radius 1 is 1.24 bits per heavy atom. The van der Waals surface area contributed by atoms with Crippen molar-refractivity contribution in [1.29, 1.82) is 0 Å². The molecule has 0 bridgehead atoms. The van der Waals surface area contributed by atoms with Gasteiger partial charge in [0, 0.05) is 6.20 Å². The molecular formula is C14H15ClN2O3S.